The fourth-order valence-corrected chi connectivity index (χ4v) is 3.65. The van der Waals surface area contributed by atoms with Crippen molar-refractivity contribution in [2.45, 2.75) is 58.4 Å². The predicted octanol–water partition coefficient (Wildman–Crippen LogP) is 3.25. The monoisotopic (exact) mass is 334 g/mol. The van der Waals surface area contributed by atoms with E-state index in [0.29, 0.717) is 18.1 Å². The minimum atomic E-state index is -0.0648. The Labute approximate surface area is 139 Å². The Kier molecular flexibility index (Phi) is 4.75. The molecule has 1 amide bonds. The summed E-state index contributed by atoms with van der Waals surface area (Å²) in [5, 5.41) is 4.02. The molecule has 3 rings (SSSR count). The van der Waals surface area contributed by atoms with Crippen LogP contribution in [0.3, 0.4) is 0 Å². The summed E-state index contributed by atoms with van der Waals surface area (Å²) in [7, 11) is 0. The molecular weight excluding hydrogens is 312 g/mol. The summed E-state index contributed by atoms with van der Waals surface area (Å²) in [6.45, 7) is 6.82. The van der Waals surface area contributed by atoms with Gasteiger partial charge in [0.05, 0.1) is 11.2 Å². The number of aromatic nitrogens is 3. The summed E-state index contributed by atoms with van der Waals surface area (Å²) in [4.78, 5) is 24.4. The van der Waals surface area contributed by atoms with Crippen molar-refractivity contribution in [2.24, 2.45) is 0 Å². The Morgan fingerprint density at radius 2 is 2.35 bits per heavy atom. The second-order valence-corrected chi connectivity index (χ2v) is 7.19. The van der Waals surface area contributed by atoms with E-state index >= 15 is 0 Å². The zero-order chi connectivity index (χ0) is 16.4. The molecule has 0 aromatic carbocycles. The van der Waals surface area contributed by atoms with Crippen molar-refractivity contribution in [3.05, 3.63) is 27.8 Å². The predicted molar refractivity (Wildman–Crippen MR) is 87.2 cm³/mol. The number of aryl methyl sites for hydroxylation is 2. The van der Waals surface area contributed by atoms with Crippen molar-refractivity contribution in [1.29, 1.82) is 0 Å². The highest BCUT2D eigenvalue weighted by molar-refractivity contribution is 7.09. The van der Waals surface area contributed by atoms with Crippen LogP contribution in [-0.2, 0) is 11.2 Å². The SMILES string of the molecule is Cc1ncsc1CCC(=O)N1CCC[C@@H]1c1nc(C(C)C)no1. The van der Waals surface area contributed by atoms with Crippen LogP contribution >= 0.6 is 11.3 Å². The zero-order valence-electron chi connectivity index (χ0n) is 13.8. The van der Waals surface area contributed by atoms with Crippen molar-refractivity contribution in [1.82, 2.24) is 20.0 Å². The summed E-state index contributed by atoms with van der Waals surface area (Å²) >= 11 is 1.62. The van der Waals surface area contributed by atoms with Gasteiger partial charge in [0.1, 0.15) is 6.04 Å². The molecule has 6 nitrogen and oxygen atoms in total. The van der Waals surface area contributed by atoms with Crippen LogP contribution in [0.1, 0.15) is 67.4 Å². The third kappa shape index (κ3) is 3.44. The van der Waals surface area contributed by atoms with Crippen LogP contribution in [0.25, 0.3) is 0 Å². The molecule has 0 aliphatic carbocycles. The average molecular weight is 334 g/mol. The van der Waals surface area contributed by atoms with Crippen LogP contribution in [0.5, 0.6) is 0 Å². The lowest BCUT2D eigenvalue weighted by Crippen LogP contribution is -2.30. The molecular formula is C16H22N4O2S. The Morgan fingerprint density at radius 1 is 1.52 bits per heavy atom. The van der Waals surface area contributed by atoms with E-state index in [-0.39, 0.29) is 17.9 Å². The average Bonchev–Trinajstić information content (AvgIpc) is 3.24. The molecule has 0 N–H and O–H groups in total. The molecule has 1 atom stereocenters. The third-order valence-corrected chi connectivity index (χ3v) is 5.24. The largest absolute Gasteiger partial charge is 0.337 e. The fraction of sp³-hybridized carbons (Fsp3) is 0.625. The van der Waals surface area contributed by atoms with Crippen molar-refractivity contribution in [3.63, 3.8) is 0 Å². The lowest BCUT2D eigenvalue weighted by molar-refractivity contribution is -0.132. The van der Waals surface area contributed by atoms with Crippen molar-refractivity contribution in [2.75, 3.05) is 6.54 Å². The van der Waals surface area contributed by atoms with Gasteiger partial charge in [-0.1, -0.05) is 19.0 Å². The first-order valence-corrected chi connectivity index (χ1v) is 8.96. The first-order valence-electron chi connectivity index (χ1n) is 8.08. The van der Waals surface area contributed by atoms with Crippen LogP contribution in [0.15, 0.2) is 10.0 Å². The molecule has 2 aromatic rings. The van der Waals surface area contributed by atoms with Gasteiger partial charge in [0.25, 0.3) is 0 Å². The molecule has 1 saturated heterocycles. The molecule has 1 aliphatic heterocycles. The Hall–Kier alpha value is -1.76. The molecule has 124 valence electrons. The molecule has 23 heavy (non-hydrogen) atoms. The van der Waals surface area contributed by atoms with Gasteiger partial charge in [-0.25, -0.2) is 4.98 Å². The van der Waals surface area contributed by atoms with E-state index in [1.165, 1.54) is 4.88 Å². The second kappa shape index (κ2) is 6.78. The summed E-state index contributed by atoms with van der Waals surface area (Å²) in [5.74, 6) is 1.67. The van der Waals surface area contributed by atoms with Crippen molar-refractivity contribution in [3.8, 4) is 0 Å². The van der Waals surface area contributed by atoms with E-state index in [2.05, 4.69) is 15.1 Å². The van der Waals surface area contributed by atoms with E-state index in [4.69, 9.17) is 4.52 Å². The number of carbonyl (C=O) groups is 1. The number of hydrogen-bond donors (Lipinski definition) is 0. The summed E-state index contributed by atoms with van der Waals surface area (Å²) in [5.41, 5.74) is 2.86. The second-order valence-electron chi connectivity index (χ2n) is 6.25. The first-order chi connectivity index (χ1) is 11.1. The van der Waals surface area contributed by atoms with Crippen molar-refractivity contribution < 1.29 is 9.32 Å². The fourth-order valence-electron chi connectivity index (χ4n) is 2.87. The van der Waals surface area contributed by atoms with Gasteiger partial charge >= 0.3 is 0 Å². The number of carbonyl (C=O) groups excluding carboxylic acids is 1. The number of amides is 1. The van der Waals surface area contributed by atoms with Gasteiger partial charge in [-0.3, -0.25) is 4.79 Å². The van der Waals surface area contributed by atoms with E-state index in [1.54, 1.807) is 11.3 Å². The van der Waals surface area contributed by atoms with Crippen LogP contribution in [0.2, 0.25) is 0 Å². The molecule has 0 bridgehead atoms. The molecule has 1 fully saturated rings. The van der Waals surface area contributed by atoms with Gasteiger partial charge in [0.15, 0.2) is 5.82 Å². The molecule has 7 heteroatoms. The molecule has 3 heterocycles. The molecule has 0 radical (unpaired) electrons. The third-order valence-electron chi connectivity index (χ3n) is 4.24. The van der Waals surface area contributed by atoms with E-state index in [9.17, 15) is 4.79 Å². The highest BCUT2D eigenvalue weighted by atomic mass is 32.1. The quantitative estimate of drug-likeness (QED) is 0.839. The molecule has 0 saturated carbocycles. The van der Waals surface area contributed by atoms with E-state index in [0.717, 1.165) is 31.5 Å². The lowest BCUT2D eigenvalue weighted by Gasteiger charge is -2.21. The van der Waals surface area contributed by atoms with Crippen molar-refractivity contribution >= 4 is 17.2 Å². The molecule has 1 aliphatic rings. The minimum Gasteiger partial charge on any atom is -0.337 e. The smallest absolute Gasteiger partial charge is 0.249 e. The minimum absolute atomic E-state index is 0.0648. The number of likely N-dealkylation sites (tertiary alicyclic amines) is 1. The van der Waals surface area contributed by atoms with Crippen LogP contribution < -0.4 is 0 Å². The summed E-state index contributed by atoms with van der Waals surface area (Å²) < 4.78 is 5.40. The summed E-state index contributed by atoms with van der Waals surface area (Å²) in [6, 6.07) is -0.0648. The van der Waals surface area contributed by atoms with Gasteiger partial charge in [0.2, 0.25) is 11.8 Å². The van der Waals surface area contributed by atoms with Crippen LogP contribution in [0, 0.1) is 6.92 Å². The standard InChI is InChI=1S/C16H22N4O2S/c1-10(2)15-18-16(22-19-15)12-5-4-8-20(12)14(21)7-6-13-11(3)17-9-23-13/h9-10,12H,4-8H2,1-3H3/t12-/m1/s1. The number of rotatable bonds is 5. The highest BCUT2D eigenvalue weighted by Gasteiger charge is 2.33. The molecule has 0 unspecified atom stereocenters. The Morgan fingerprint density at radius 3 is 3.00 bits per heavy atom. The van der Waals surface area contributed by atoms with Gasteiger partial charge in [-0.15, -0.1) is 11.3 Å². The molecule has 2 aromatic heterocycles. The first kappa shape index (κ1) is 16.1. The van der Waals surface area contributed by atoms with Gasteiger partial charge < -0.3 is 9.42 Å². The Bertz CT molecular complexity index is 679. The normalized spacial score (nSPS) is 18.1. The number of nitrogens with zero attached hydrogens (tertiary/aromatic N) is 4. The maximum Gasteiger partial charge on any atom is 0.249 e. The zero-order valence-corrected chi connectivity index (χ0v) is 14.6. The maximum atomic E-state index is 12.6. The van der Waals surface area contributed by atoms with Gasteiger partial charge in [0, 0.05) is 23.8 Å². The summed E-state index contributed by atoms with van der Waals surface area (Å²) in [6.07, 6.45) is 3.13. The lowest BCUT2D eigenvalue weighted by atomic mass is 10.2. The van der Waals surface area contributed by atoms with E-state index in [1.807, 2.05) is 31.2 Å². The van der Waals surface area contributed by atoms with Gasteiger partial charge in [-0.2, -0.15) is 4.98 Å². The Balaban J connectivity index is 1.65. The van der Waals surface area contributed by atoms with Gasteiger partial charge in [-0.05, 0) is 26.2 Å². The maximum absolute atomic E-state index is 12.6. The van der Waals surface area contributed by atoms with Crippen LogP contribution in [0.4, 0.5) is 0 Å². The molecule has 0 spiro atoms. The number of thiazole rings is 1. The van der Waals surface area contributed by atoms with E-state index < -0.39 is 0 Å². The topological polar surface area (TPSA) is 72.1 Å². The highest BCUT2D eigenvalue weighted by Crippen LogP contribution is 2.32. The van der Waals surface area contributed by atoms with Crippen LogP contribution in [-0.4, -0.2) is 32.5 Å². The number of hydrogen-bond acceptors (Lipinski definition) is 6.